The number of imidazole rings is 1. The van der Waals surface area contributed by atoms with Gasteiger partial charge >= 0.3 is 0 Å². The summed E-state index contributed by atoms with van der Waals surface area (Å²) < 4.78 is 19.7. The number of fused-ring (bicyclic) bond motifs is 1. The van der Waals surface area contributed by atoms with Crippen LogP contribution in [0.2, 0.25) is 0 Å². The molecular formula is C13H17FN4O2. The highest BCUT2D eigenvalue weighted by atomic mass is 19.1. The number of ether oxygens (including phenoxy) is 1. The fourth-order valence-electron chi connectivity index (χ4n) is 1.83. The van der Waals surface area contributed by atoms with E-state index < -0.39 is 0 Å². The average molecular weight is 280 g/mol. The number of anilines is 1. The third kappa shape index (κ3) is 3.31. The van der Waals surface area contributed by atoms with E-state index in [0.717, 1.165) is 5.52 Å². The minimum atomic E-state index is -0.352. The van der Waals surface area contributed by atoms with Gasteiger partial charge in [0.1, 0.15) is 5.82 Å². The molecule has 2 rings (SSSR count). The lowest BCUT2D eigenvalue weighted by Gasteiger charge is -2.06. The van der Waals surface area contributed by atoms with Crippen LogP contribution in [-0.2, 0) is 16.6 Å². The molecule has 0 aliphatic rings. The maximum atomic E-state index is 13.1. The Morgan fingerprint density at radius 2 is 2.30 bits per heavy atom. The number of carbonyl (C=O) groups excluding carboxylic acids is 1. The normalized spacial score (nSPS) is 10.9. The lowest BCUT2D eigenvalue weighted by atomic mass is 10.3. The van der Waals surface area contributed by atoms with E-state index >= 15 is 0 Å². The number of hydrogen-bond acceptors (Lipinski definition) is 4. The van der Waals surface area contributed by atoms with Crippen LogP contribution in [-0.4, -0.2) is 42.3 Å². The summed E-state index contributed by atoms with van der Waals surface area (Å²) in [6, 6.07) is 4.33. The van der Waals surface area contributed by atoms with Crippen LogP contribution in [0.5, 0.6) is 0 Å². The van der Waals surface area contributed by atoms with Crippen LogP contribution < -0.4 is 10.6 Å². The summed E-state index contributed by atoms with van der Waals surface area (Å²) in [5, 5.41) is 5.62. The van der Waals surface area contributed by atoms with Crippen LogP contribution in [0.15, 0.2) is 18.2 Å². The number of nitrogens with zero attached hydrogens (tertiary/aromatic N) is 2. The summed E-state index contributed by atoms with van der Waals surface area (Å²) in [6.45, 7) is 1.30. The van der Waals surface area contributed by atoms with Crippen molar-refractivity contribution < 1.29 is 13.9 Å². The molecule has 2 aromatic rings. The van der Waals surface area contributed by atoms with Crippen LogP contribution in [0.25, 0.3) is 11.0 Å². The molecule has 0 spiro atoms. The maximum Gasteiger partial charge on any atom is 0.240 e. The van der Waals surface area contributed by atoms with Gasteiger partial charge in [0.05, 0.1) is 24.2 Å². The average Bonchev–Trinajstić information content (AvgIpc) is 2.71. The minimum absolute atomic E-state index is 0.168. The molecule has 0 radical (unpaired) electrons. The van der Waals surface area contributed by atoms with Crippen molar-refractivity contribution in [2.45, 2.75) is 0 Å². The number of aryl methyl sites for hydroxylation is 1. The summed E-state index contributed by atoms with van der Waals surface area (Å²) in [6.07, 6.45) is 0. The molecule has 108 valence electrons. The van der Waals surface area contributed by atoms with Crippen LogP contribution in [0, 0.1) is 5.82 Å². The second-order valence-corrected chi connectivity index (χ2v) is 4.35. The Bertz CT molecular complexity index is 612. The minimum Gasteiger partial charge on any atom is -0.383 e. The van der Waals surface area contributed by atoms with Gasteiger partial charge in [-0.15, -0.1) is 0 Å². The molecule has 0 saturated carbocycles. The number of nitrogens with one attached hydrogen (secondary N) is 2. The van der Waals surface area contributed by atoms with Gasteiger partial charge in [0, 0.05) is 26.8 Å². The summed E-state index contributed by atoms with van der Waals surface area (Å²) >= 11 is 0. The molecule has 1 aromatic heterocycles. The highest BCUT2D eigenvalue weighted by Crippen LogP contribution is 2.18. The lowest BCUT2D eigenvalue weighted by Crippen LogP contribution is -2.31. The molecule has 0 unspecified atom stereocenters. The number of benzene rings is 1. The van der Waals surface area contributed by atoms with Gasteiger partial charge in [-0.3, -0.25) is 10.1 Å². The first-order chi connectivity index (χ1) is 9.61. The van der Waals surface area contributed by atoms with E-state index in [-0.39, 0.29) is 18.3 Å². The van der Waals surface area contributed by atoms with Crippen molar-refractivity contribution in [3.05, 3.63) is 24.0 Å². The first kappa shape index (κ1) is 14.4. The van der Waals surface area contributed by atoms with E-state index in [2.05, 4.69) is 15.6 Å². The number of amides is 1. The van der Waals surface area contributed by atoms with E-state index in [0.29, 0.717) is 24.6 Å². The van der Waals surface area contributed by atoms with Crippen molar-refractivity contribution in [3.8, 4) is 0 Å². The Balaban J connectivity index is 2.02. The monoisotopic (exact) mass is 280 g/mol. The molecule has 1 heterocycles. The summed E-state index contributed by atoms with van der Waals surface area (Å²) in [7, 11) is 3.36. The number of carbonyl (C=O) groups is 1. The first-order valence-electron chi connectivity index (χ1n) is 6.23. The van der Waals surface area contributed by atoms with E-state index in [9.17, 15) is 9.18 Å². The van der Waals surface area contributed by atoms with Crippen LogP contribution in [0.4, 0.5) is 10.3 Å². The van der Waals surface area contributed by atoms with Gasteiger partial charge in [-0.05, 0) is 12.1 Å². The molecule has 0 saturated heterocycles. The zero-order valence-electron chi connectivity index (χ0n) is 11.4. The van der Waals surface area contributed by atoms with Gasteiger partial charge in [0.25, 0.3) is 0 Å². The van der Waals surface area contributed by atoms with Crippen molar-refractivity contribution in [3.63, 3.8) is 0 Å². The van der Waals surface area contributed by atoms with E-state index in [1.165, 1.54) is 12.1 Å². The Morgan fingerprint density at radius 1 is 1.50 bits per heavy atom. The van der Waals surface area contributed by atoms with Crippen molar-refractivity contribution >= 4 is 22.9 Å². The molecule has 1 aromatic carbocycles. The second kappa shape index (κ2) is 6.44. The van der Waals surface area contributed by atoms with Crippen LogP contribution in [0.3, 0.4) is 0 Å². The number of aromatic nitrogens is 2. The fourth-order valence-corrected chi connectivity index (χ4v) is 1.83. The molecule has 6 nitrogen and oxygen atoms in total. The van der Waals surface area contributed by atoms with Gasteiger partial charge < -0.3 is 14.6 Å². The number of hydrogen-bond donors (Lipinski definition) is 2. The van der Waals surface area contributed by atoms with E-state index in [1.54, 1.807) is 24.8 Å². The second-order valence-electron chi connectivity index (χ2n) is 4.35. The smallest absolute Gasteiger partial charge is 0.240 e. The molecule has 0 fully saturated rings. The molecule has 2 N–H and O–H groups in total. The van der Waals surface area contributed by atoms with Gasteiger partial charge in [-0.1, -0.05) is 0 Å². The number of halogens is 1. The largest absolute Gasteiger partial charge is 0.383 e. The third-order valence-electron chi connectivity index (χ3n) is 2.86. The van der Waals surface area contributed by atoms with E-state index in [4.69, 9.17) is 4.74 Å². The Labute approximate surface area is 115 Å². The fraction of sp³-hybridized carbons (Fsp3) is 0.385. The van der Waals surface area contributed by atoms with Gasteiger partial charge in [0.15, 0.2) is 0 Å². The predicted octanol–water partition coefficient (Wildman–Crippen LogP) is 0.887. The summed E-state index contributed by atoms with van der Waals surface area (Å²) in [5.74, 6) is -0.168. The van der Waals surface area contributed by atoms with Gasteiger partial charge in [0.2, 0.25) is 11.9 Å². The van der Waals surface area contributed by atoms with Crippen molar-refractivity contribution in [2.75, 3.05) is 32.1 Å². The first-order valence-corrected chi connectivity index (χ1v) is 6.23. The zero-order valence-corrected chi connectivity index (χ0v) is 11.4. The van der Waals surface area contributed by atoms with Gasteiger partial charge in [-0.25, -0.2) is 9.37 Å². The van der Waals surface area contributed by atoms with Crippen molar-refractivity contribution in [2.24, 2.45) is 7.05 Å². The zero-order chi connectivity index (χ0) is 14.5. The maximum absolute atomic E-state index is 13.1. The molecule has 0 aliphatic heterocycles. The number of rotatable bonds is 6. The molecule has 20 heavy (non-hydrogen) atoms. The standard InChI is InChI=1S/C13H17FN4O2/c1-18-11-4-3-9(14)7-10(11)16-13(18)17-12(19)8-15-5-6-20-2/h3-4,7,15H,5-6,8H2,1-2H3,(H,16,17,19). The third-order valence-corrected chi connectivity index (χ3v) is 2.86. The van der Waals surface area contributed by atoms with Crippen molar-refractivity contribution in [1.82, 2.24) is 14.9 Å². The Hall–Kier alpha value is -1.99. The topological polar surface area (TPSA) is 68.2 Å². The summed E-state index contributed by atoms with van der Waals surface area (Å²) in [4.78, 5) is 15.9. The van der Waals surface area contributed by atoms with Crippen LogP contribution in [0.1, 0.15) is 0 Å². The summed E-state index contributed by atoms with van der Waals surface area (Å²) in [5.41, 5.74) is 1.27. The van der Waals surface area contributed by atoms with Crippen molar-refractivity contribution in [1.29, 1.82) is 0 Å². The SMILES string of the molecule is COCCNCC(=O)Nc1nc2cc(F)ccc2n1C. The Kier molecular flexibility index (Phi) is 4.65. The molecule has 0 atom stereocenters. The highest BCUT2D eigenvalue weighted by molar-refractivity contribution is 5.92. The molecular weight excluding hydrogens is 263 g/mol. The lowest BCUT2D eigenvalue weighted by molar-refractivity contribution is -0.115. The molecule has 7 heteroatoms. The van der Waals surface area contributed by atoms with E-state index in [1.807, 2.05) is 0 Å². The van der Waals surface area contributed by atoms with Crippen LogP contribution >= 0.6 is 0 Å². The number of methoxy groups -OCH3 is 1. The Morgan fingerprint density at radius 3 is 3.05 bits per heavy atom. The molecule has 0 bridgehead atoms. The predicted molar refractivity (Wildman–Crippen MR) is 74.0 cm³/mol. The quantitative estimate of drug-likeness (QED) is 0.771. The molecule has 1 amide bonds. The highest BCUT2D eigenvalue weighted by Gasteiger charge is 2.11. The molecule has 0 aliphatic carbocycles. The van der Waals surface area contributed by atoms with Gasteiger partial charge in [-0.2, -0.15) is 0 Å².